The lowest BCUT2D eigenvalue weighted by Gasteiger charge is -2.40. The highest BCUT2D eigenvalue weighted by molar-refractivity contribution is 5.95. The summed E-state index contributed by atoms with van der Waals surface area (Å²) >= 11 is 0. The maximum atomic E-state index is 14.1. The SMILES string of the molecule is COc1cc(F)cc(CN2C(=O)N(c3ccc(-c4cn[nH]c4)cc3)CC23CCOCC3)c1. The van der Waals surface area contributed by atoms with Gasteiger partial charge in [0.2, 0.25) is 0 Å². The summed E-state index contributed by atoms with van der Waals surface area (Å²) in [5.74, 6) is 0.0677. The van der Waals surface area contributed by atoms with Crippen LogP contribution in [0.5, 0.6) is 5.75 Å². The molecule has 0 aliphatic carbocycles. The van der Waals surface area contributed by atoms with Crippen molar-refractivity contribution < 1.29 is 18.7 Å². The lowest BCUT2D eigenvalue weighted by molar-refractivity contribution is 0.00607. The van der Waals surface area contributed by atoms with Gasteiger partial charge in [-0.15, -0.1) is 0 Å². The first-order valence-electron chi connectivity index (χ1n) is 10.7. The molecule has 7 nitrogen and oxygen atoms in total. The van der Waals surface area contributed by atoms with Gasteiger partial charge < -0.3 is 14.4 Å². The van der Waals surface area contributed by atoms with E-state index in [-0.39, 0.29) is 17.4 Å². The second kappa shape index (κ2) is 8.27. The molecule has 0 bridgehead atoms. The molecule has 2 saturated heterocycles. The van der Waals surface area contributed by atoms with E-state index in [2.05, 4.69) is 10.2 Å². The number of nitrogens with one attached hydrogen (secondary N) is 1. The Hall–Kier alpha value is -3.39. The van der Waals surface area contributed by atoms with Crippen LogP contribution in [-0.2, 0) is 11.3 Å². The molecule has 166 valence electrons. The van der Waals surface area contributed by atoms with Gasteiger partial charge in [0.15, 0.2) is 0 Å². The Morgan fingerprint density at radius 1 is 1.16 bits per heavy atom. The van der Waals surface area contributed by atoms with Gasteiger partial charge in [0.25, 0.3) is 0 Å². The first kappa shape index (κ1) is 20.5. The molecule has 2 aromatic carbocycles. The smallest absolute Gasteiger partial charge is 0.325 e. The number of urea groups is 1. The average Bonchev–Trinajstić information content (AvgIpc) is 3.43. The van der Waals surface area contributed by atoms with Crippen LogP contribution in [0.15, 0.2) is 54.9 Å². The maximum absolute atomic E-state index is 14.1. The van der Waals surface area contributed by atoms with Crippen molar-refractivity contribution in [3.05, 3.63) is 66.2 Å². The number of H-pyrrole nitrogens is 1. The number of ether oxygens (including phenoxy) is 2. The van der Waals surface area contributed by atoms with E-state index in [0.717, 1.165) is 29.7 Å². The standard InChI is InChI=1S/C24H25FN4O3/c1-31-22-11-17(10-20(25)12-22)15-29-23(30)28(16-24(29)6-8-32-9-7-24)21-4-2-18(3-5-21)19-13-26-27-14-19/h2-5,10-14H,6-9,15-16H2,1H3,(H,26,27). The molecular weight excluding hydrogens is 411 g/mol. The van der Waals surface area contributed by atoms with Crippen molar-refractivity contribution in [3.63, 3.8) is 0 Å². The van der Waals surface area contributed by atoms with E-state index in [1.807, 2.05) is 40.3 Å². The van der Waals surface area contributed by atoms with Crippen molar-refractivity contribution in [2.75, 3.05) is 31.8 Å². The Morgan fingerprint density at radius 3 is 2.62 bits per heavy atom. The molecule has 3 heterocycles. The Bertz CT molecular complexity index is 1090. The van der Waals surface area contributed by atoms with Crippen molar-refractivity contribution in [2.24, 2.45) is 0 Å². The van der Waals surface area contributed by atoms with Gasteiger partial charge in [0.1, 0.15) is 11.6 Å². The zero-order valence-corrected chi connectivity index (χ0v) is 17.9. The molecule has 3 aromatic rings. The van der Waals surface area contributed by atoms with Crippen molar-refractivity contribution in [2.45, 2.75) is 24.9 Å². The van der Waals surface area contributed by atoms with Gasteiger partial charge in [-0.1, -0.05) is 12.1 Å². The van der Waals surface area contributed by atoms with E-state index in [9.17, 15) is 9.18 Å². The Kier molecular flexibility index (Phi) is 5.30. The number of aromatic amines is 1. The Morgan fingerprint density at radius 2 is 1.94 bits per heavy atom. The second-order valence-corrected chi connectivity index (χ2v) is 8.32. The molecule has 2 amide bonds. The summed E-state index contributed by atoms with van der Waals surface area (Å²) in [6.45, 7) is 2.09. The summed E-state index contributed by atoms with van der Waals surface area (Å²) in [6, 6.07) is 12.4. The Balaban J connectivity index is 1.45. The molecule has 5 rings (SSSR count). The molecule has 8 heteroatoms. The number of amides is 2. The minimum atomic E-state index is -0.376. The quantitative estimate of drug-likeness (QED) is 0.650. The number of anilines is 1. The number of nitrogens with zero attached hydrogens (tertiary/aromatic N) is 3. The highest BCUT2D eigenvalue weighted by Gasteiger charge is 2.50. The Labute approximate surface area is 185 Å². The number of hydrogen-bond acceptors (Lipinski definition) is 4. The first-order chi connectivity index (χ1) is 15.6. The van der Waals surface area contributed by atoms with Gasteiger partial charge in [-0.2, -0.15) is 5.10 Å². The van der Waals surface area contributed by atoms with Crippen LogP contribution in [0.4, 0.5) is 14.9 Å². The summed E-state index contributed by atoms with van der Waals surface area (Å²) in [4.78, 5) is 17.3. The van der Waals surface area contributed by atoms with Crippen molar-refractivity contribution >= 4 is 11.7 Å². The van der Waals surface area contributed by atoms with Gasteiger partial charge in [-0.05, 0) is 48.2 Å². The lowest BCUT2D eigenvalue weighted by atomic mass is 9.89. The van der Waals surface area contributed by atoms with Crippen molar-refractivity contribution in [1.82, 2.24) is 15.1 Å². The van der Waals surface area contributed by atoms with Crippen LogP contribution in [0, 0.1) is 5.82 Å². The molecule has 0 unspecified atom stereocenters. The lowest BCUT2D eigenvalue weighted by Crippen LogP contribution is -2.50. The van der Waals surface area contributed by atoms with Crippen LogP contribution in [-0.4, -0.2) is 53.5 Å². The normalized spacial score (nSPS) is 17.9. The van der Waals surface area contributed by atoms with Crippen LogP contribution in [0.3, 0.4) is 0 Å². The molecule has 1 aromatic heterocycles. The van der Waals surface area contributed by atoms with Gasteiger partial charge >= 0.3 is 6.03 Å². The molecular formula is C24H25FN4O3. The topological polar surface area (TPSA) is 70.7 Å². The molecule has 2 aliphatic rings. The average molecular weight is 436 g/mol. The number of hydrogen-bond donors (Lipinski definition) is 1. The zero-order chi connectivity index (χ0) is 22.1. The maximum Gasteiger partial charge on any atom is 0.325 e. The predicted octanol–water partition coefficient (Wildman–Crippen LogP) is 4.22. The van der Waals surface area contributed by atoms with Crippen molar-refractivity contribution in [3.8, 4) is 16.9 Å². The third-order valence-corrected chi connectivity index (χ3v) is 6.43. The third kappa shape index (κ3) is 3.71. The minimum Gasteiger partial charge on any atom is -0.497 e. The summed E-state index contributed by atoms with van der Waals surface area (Å²) < 4.78 is 24.9. The van der Waals surface area contributed by atoms with E-state index in [4.69, 9.17) is 9.47 Å². The monoisotopic (exact) mass is 436 g/mol. The molecule has 0 radical (unpaired) electrons. The highest BCUT2D eigenvalue weighted by atomic mass is 19.1. The van der Waals surface area contributed by atoms with Crippen LogP contribution >= 0.6 is 0 Å². The molecule has 1 N–H and O–H groups in total. The fourth-order valence-electron chi connectivity index (χ4n) is 4.67. The number of rotatable bonds is 5. The molecule has 2 fully saturated rings. The van der Waals surface area contributed by atoms with E-state index < -0.39 is 0 Å². The van der Waals surface area contributed by atoms with E-state index >= 15 is 0 Å². The van der Waals surface area contributed by atoms with E-state index in [1.165, 1.54) is 19.2 Å². The zero-order valence-electron chi connectivity index (χ0n) is 17.9. The largest absolute Gasteiger partial charge is 0.497 e. The highest BCUT2D eigenvalue weighted by Crippen LogP contribution is 2.39. The number of aromatic nitrogens is 2. The summed E-state index contributed by atoms with van der Waals surface area (Å²) in [5, 5.41) is 6.81. The van der Waals surface area contributed by atoms with Crippen molar-refractivity contribution in [1.29, 1.82) is 0 Å². The third-order valence-electron chi connectivity index (χ3n) is 6.43. The van der Waals surface area contributed by atoms with Gasteiger partial charge in [0.05, 0.1) is 25.4 Å². The minimum absolute atomic E-state index is 0.0776. The predicted molar refractivity (Wildman–Crippen MR) is 118 cm³/mol. The van der Waals surface area contributed by atoms with Gasteiger partial charge in [0, 0.05) is 43.3 Å². The molecule has 32 heavy (non-hydrogen) atoms. The molecule has 1 spiro atoms. The van der Waals surface area contributed by atoms with Crippen LogP contribution < -0.4 is 9.64 Å². The number of methoxy groups -OCH3 is 1. The first-order valence-corrected chi connectivity index (χ1v) is 10.7. The van der Waals surface area contributed by atoms with Gasteiger partial charge in [-0.25, -0.2) is 9.18 Å². The molecule has 0 saturated carbocycles. The number of carbonyl (C=O) groups is 1. The second-order valence-electron chi connectivity index (χ2n) is 8.32. The molecule has 2 aliphatic heterocycles. The molecule has 0 atom stereocenters. The summed E-state index contributed by atoms with van der Waals surface area (Å²) in [5.41, 5.74) is 3.22. The summed E-state index contributed by atoms with van der Waals surface area (Å²) in [7, 11) is 1.51. The van der Waals surface area contributed by atoms with E-state index in [1.54, 1.807) is 12.3 Å². The summed E-state index contributed by atoms with van der Waals surface area (Å²) in [6.07, 6.45) is 5.09. The van der Waals surface area contributed by atoms with E-state index in [0.29, 0.717) is 37.6 Å². The van der Waals surface area contributed by atoms with Crippen LogP contribution in [0.2, 0.25) is 0 Å². The number of carbonyl (C=O) groups excluding carboxylic acids is 1. The fourth-order valence-corrected chi connectivity index (χ4v) is 4.67. The number of benzene rings is 2. The van der Waals surface area contributed by atoms with Crippen LogP contribution in [0.25, 0.3) is 11.1 Å². The van der Waals surface area contributed by atoms with Gasteiger partial charge in [-0.3, -0.25) is 10.00 Å². The number of halogens is 1. The van der Waals surface area contributed by atoms with Crippen LogP contribution in [0.1, 0.15) is 18.4 Å². The fraction of sp³-hybridized carbons (Fsp3) is 0.333.